The Hall–Kier alpha value is -1.73. The molecule has 17 heavy (non-hydrogen) atoms. The minimum atomic E-state index is 0.694. The molecule has 0 saturated heterocycles. The first-order valence-electron chi connectivity index (χ1n) is 6.19. The second kappa shape index (κ2) is 8.43. The molecule has 0 fully saturated rings. The second-order valence-corrected chi connectivity index (χ2v) is 4.00. The highest BCUT2D eigenvalue weighted by atomic mass is 15.1. The van der Waals surface area contributed by atoms with Crippen molar-refractivity contribution >= 4 is 11.8 Å². The van der Waals surface area contributed by atoms with Gasteiger partial charge in [0, 0.05) is 10.6 Å². The summed E-state index contributed by atoms with van der Waals surface area (Å²) < 4.78 is 0. The molecule has 0 amide bonds. The van der Waals surface area contributed by atoms with Crippen molar-refractivity contribution in [1.82, 2.24) is 0 Å². The summed E-state index contributed by atoms with van der Waals surface area (Å²) in [6.45, 7) is 2.21. The maximum Gasteiger partial charge on any atom is 0.0447 e. The topological polar surface area (TPSA) is 48.8 Å². The normalized spacial score (nSPS) is 10.4. The molecule has 90 valence electrons. The van der Waals surface area contributed by atoms with Crippen molar-refractivity contribution in [2.45, 2.75) is 39.0 Å². The smallest absolute Gasteiger partial charge is 0.0447 e. The molecule has 0 aliphatic heterocycles. The molecule has 1 aromatic rings. The Morgan fingerprint density at radius 3 is 2.82 bits per heavy atom. The van der Waals surface area contributed by atoms with Gasteiger partial charge in [0.2, 0.25) is 0 Å². The molecule has 0 atom stereocenters. The molecule has 0 aliphatic rings. The Morgan fingerprint density at radius 2 is 2.06 bits per heavy atom. The van der Waals surface area contributed by atoms with E-state index in [1.54, 1.807) is 0 Å². The molecule has 0 aliphatic carbocycles. The summed E-state index contributed by atoms with van der Waals surface area (Å²) in [7, 11) is 0. The van der Waals surface area contributed by atoms with Gasteiger partial charge in [-0.05, 0) is 23.9 Å². The van der Waals surface area contributed by atoms with Crippen LogP contribution < -0.4 is 0 Å². The Morgan fingerprint density at radius 1 is 1.24 bits per heavy atom. The largest absolute Gasteiger partial charge is 0.0839 e. The van der Waals surface area contributed by atoms with Crippen molar-refractivity contribution in [2.24, 2.45) is 5.11 Å². The van der Waals surface area contributed by atoms with E-state index in [0.29, 0.717) is 5.69 Å². The van der Waals surface area contributed by atoms with Gasteiger partial charge in [0.25, 0.3) is 0 Å². The number of rotatable bonds is 7. The predicted octanol–water partition coefficient (Wildman–Crippen LogP) is 5.61. The van der Waals surface area contributed by atoms with E-state index in [0.717, 1.165) is 12.0 Å². The molecular weight excluding hydrogens is 210 g/mol. The van der Waals surface area contributed by atoms with Crippen molar-refractivity contribution in [1.29, 1.82) is 0 Å². The van der Waals surface area contributed by atoms with Gasteiger partial charge in [-0.25, -0.2) is 0 Å². The number of hydrogen-bond acceptors (Lipinski definition) is 1. The van der Waals surface area contributed by atoms with Gasteiger partial charge >= 0.3 is 0 Å². The van der Waals surface area contributed by atoms with Gasteiger partial charge in [0.05, 0.1) is 0 Å². The maximum atomic E-state index is 8.45. The van der Waals surface area contributed by atoms with Crippen LogP contribution in [0.5, 0.6) is 0 Å². The first-order chi connectivity index (χ1) is 8.38. The van der Waals surface area contributed by atoms with Crippen LogP contribution in [0.1, 0.15) is 44.6 Å². The van der Waals surface area contributed by atoms with Gasteiger partial charge in [0.1, 0.15) is 0 Å². The summed E-state index contributed by atoms with van der Waals surface area (Å²) in [4.78, 5) is 2.83. The van der Waals surface area contributed by atoms with Crippen LogP contribution in [0.4, 0.5) is 5.69 Å². The lowest BCUT2D eigenvalue weighted by Crippen LogP contribution is -1.75. The van der Waals surface area contributed by atoms with Crippen LogP contribution >= 0.6 is 0 Å². The molecule has 0 radical (unpaired) electrons. The lowest BCUT2D eigenvalue weighted by atomic mass is 10.1. The standard InChI is InChI=1S/C14H19N3/c1-2-3-4-5-6-7-10-13-11-8-9-12-14(13)16-17-15/h7-12H,2-6H2,1H3/b10-7+. The minimum Gasteiger partial charge on any atom is -0.0839 e. The number of unbranched alkanes of at least 4 members (excludes halogenated alkanes) is 4. The molecule has 0 unspecified atom stereocenters. The number of allylic oxidation sites excluding steroid dienone is 1. The van der Waals surface area contributed by atoms with Gasteiger partial charge in [0.15, 0.2) is 0 Å². The van der Waals surface area contributed by atoms with Crippen molar-refractivity contribution in [3.8, 4) is 0 Å². The summed E-state index contributed by atoms with van der Waals surface area (Å²) in [6.07, 6.45) is 10.4. The molecule has 3 nitrogen and oxygen atoms in total. The molecule has 0 aromatic heterocycles. The van der Waals surface area contributed by atoms with Crippen molar-refractivity contribution in [2.75, 3.05) is 0 Å². The molecule has 0 saturated carbocycles. The van der Waals surface area contributed by atoms with Crippen LogP contribution in [0.25, 0.3) is 16.5 Å². The average Bonchev–Trinajstić information content (AvgIpc) is 2.36. The Kier molecular flexibility index (Phi) is 6.61. The summed E-state index contributed by atoms with van der Waals surface area (Å²) in [5.41, 5.74) is 10.1. The number of azide groups is 1. The third-order valence-corrected chi connectivity index (χ3v) is 2.61. The molecule has 1 aromatic carbocycles. The van der Waals surface area contributed by atoms with E-state index >= 15 is 0 Å². The highest BCUT2D eigenvalue weighted by Crippen LogP contribution is 2.20. The number of nitrogens with zero attached hydrogens (tertiary/aromatic N) is 3. The fraction of sp³-hybridized carbons (Fsp3) is 0.429. The zero-order valence-electron chi connectivity index (χ0n) is 10.3. The first kappa shape index (κ1) is 13.3. The highest BCUT2D eigenvalue weighted by molar-refractivity contribution is 5.63. The Labute approximate surface area is 103 Å². The van der Waals surface area contributed by atoms with Crippen molar-refractivity contribution in [3.05, 3.63) is 46.3 Å². The summed E-state index contributed by atoms with van der Waals surface area (Å²) >= 11 is 0. The zero-order chi connectivity index (χ0) is 12.3. The first-order valence-corrected chi connectivity index (χ1v) is 6.19. The van der Waals surface area contributed by atoms with Gasteiger partial charge in [-0.3, -0.25) is 0 Å². The van der Waals surface area contributed by atoms with E-state index in [1.807, 2.05) is 30.3 Å². The SMILES string of the molecule is CCCCCC/C=C/c1ccccc1N=[N+]=[N-]. The molecule has 0 N–H and O–H groups in total. The van der Waals surface area contributed by atoms with Gasteiger partial charge < -0.3 is 0 Å². The molecule has 0 bridgehead atoms. The average molecular weight is 229 g/mol. The lowest BCUT2D eigenvalue weighted by Gasteiger charge is -1.98. The molecule has 3 heteroatoms. The van der Waals surface area contributed by atoms with Crippen LogP contribution in [0.3, 0.4) is 0 Å². The van der Waals surface area contributed by atoms with E-state index in [2.05, 4.69) is 23.0 Å². The maximum absolute atomic E-state index is 8.45. The fourth-order valence-electron chi connectivity index (χ4n) is 1.67. The van der Waals surface area contributed by atoms with Gasteiger partial charge in [-0.15, -0.1) is 0 Å². The van der Waals surface area contributed by atoms with Crippen LogP contribution in [0, 0.1) is 0 Å². The number of hydrogen-bond donors (Lipinski definition) is 0. The summed E-state index contributed by atoms with van der Waals surface area (Å²) in [5.74, 6) is 0. The highest BCUT2D eigenvalue weighted by Gasteiger charge is 1.94. The van der Waals surface area contributed by atoms with E-state index < -0.39 is 0 Å². The molecule has 1 rings (SSSR count). The fourth-order valence-corrected chi connectivity index (χ4v) is 1.67. The summed E-state index contributed by atoms with van der Waals surface area (Å²) in [5, 5.41) is 3.66. The quantitative estimate of drug-likeness (QED) is 0.252. The van der Waals surface area contributed by atoms with Crippen LogP contribution in [0.2, 0.25) is 0 Å². The van der Waals surface area contributed by atoms with Crippen LogP contribution in [-0.2, 0) is 0 Å². The second-order valence-electron chi connectivity index (χ2n) is 4.00. The molecular formula is C14H19N3. The van der Waals surface area contributed by atoms with Gasteiger partial charge in [-0.1, -0.05) is 67.7 Å². The monoisotopic (exact) mass is 229 g/mol. The van der Waals surface area contributed by atoms with Crippen molar-refractivity contribution in [3.63, 3.8) is 0 Å². The third-order valence-electron chi connectivity index (χ3n) is 2.61. The number of benzene rings is 1. The van der Waals surface area contributed by atoms with Crippen molar-refractivity contribution < 1.29 is 0 Å². The van der Waals surface area contributed by atoms with Gasteiger partial charge in [-0.2, -0.15) is 0 Å². The molecule has 0 heterocycles. The van der Waals surface area contributed by atoms with E-state index in [9.17, 15) is 0 Å². The van der Waals surface area contributed by atoms with E-state index in [-0.39, 0.29) is 0 Å². The molecule has 0 spiro atoms. The lowest BCUT2D eigenvalue weighted by molar-refractivity contribution is 0.675. The minimum absolute atomic E-state index is 0.694. The van der Waals surface area contributed by atoms with Crippen LogP contribution in [0.15, 0.2) is 35.5 Å². The van der Waals surface area contributed by atoms with E-state index in [4.69, 9.17) is 5.53 Å². The Bertz CT molecular complexity index is 404. The predicted molar refractivity (Wildman–Crippen MR) is 73.0 cm³/mol. The van der Waals surface area contributed by atoms with Crippen LogP contribution in [-0.4, -0.2) is 0 Å². The Balaban J connectivity index is 2.50. The van der Waals surface area contributed by atoms with E-state index in [1.165, 1.54) is 25.7 Å². The third kappa shape index (κ3) is 5.23. The summed E-state index contributed by atoms with van der Waals surface area (Å²) in [6, 6.07) is 7.62. The zero-order valence-corrected chi connectivity index (χ0v) is 10.3.